The number of carbonyl (C=O) groups excluding carboxylic acids is 1. The summed E-state index contributed by atoms with van der Waals surface area (Å²) in [5.41, 5.74) is 0.0664. The lowest BCUT2D eigenvalue weighted by atomic mass is 10.1. The van der Waals surface area contributed by atoms with Crippen LogP contribution in [0.2, 0.25) is 0 Å². The second-order valence-corrected chi connectivity index (χ2v) is 4.37. The minimum atomic E-state index is -2.67. The fourth-order valence-corrected chi connectivity index (χ4v) is 2.47. The van der Waals surface area contributed by atoms with E-state index in [1.165, 1.54) is 7.11 Å². The SMILES string of the molecule is COC(=O)c1c(I)ncc(C(F)F)c1CBr. The Hall–Kier alpha value is -0.310. The summed E-state index contributed by atoms with van der Waals surface area (Å²) in [7, 11) is 1.20. The molecule has 3 nitrogen and oxygen atoms in total. The molecule has 0 amide bonds. The molecule has 1 aromatic heterocycles. The molecule has 0 saturated heterocycles. The van der Waals surface area contributed by atoms with Gasteiger partial charge >= 0.3 is 5.97 Å². The Morgan fingerprint density at radius 3 is 2.75 bits per heavy atom. The van der Waals surface area contributed by atoms with Gasteiger partial charge in [-0.3, -0.25) is 0 Å². The van der Waals surface area contributed by atoms with Crippen molar-refractivity contribution in [1.82, 2.24) is 4.98 Å². The number of esters is 1. The van der Waals surface area contributed by atoms with Crippen LogP contribution in [0.3, 0.4) is 0 Å². The average Bonchev–Trinajstić information content (AvgIpc) is 2.26. The summed E-state index contributed by atoms with van der Waals surface area (Å²) in [5.74, 6) is -0.658. The largest absolute Gasteiger partial charge is 0.465 e. The zero-order chi connectivity index (χ0) is 12.3. The third-order valence-corrected chi connectivity index (χ3v) is 3.31. The molecule has 0 atom stereocenters. The molecular weight excluding hydrogens is 399 g/mol. The topological polar surface area (TPSA) is 39.2 Å². The zero-order valence-electron chi connectivity index (χ0n) is 8.14. The molecule has 0 aromatic carbocycles. The molecule has 0 aliphatic heterocycles. The molecule has 0 aliphatic carbocycles. The minimum Gasteiger partial charge on any atom is -0.465 e. The van der Waals surface area contributed by atoms with Gasteiger partial charge in [-0.2, -0.15) is 0 Å². The Bertz CT molecular complexity index is 415. The summed E-state index contributed by atoms with van der Waals surface area (Å²) in [6, 6.07) is 0. The number of alkyl halides is 3. The number of nitrogens with zero attached hydrogens (tertiary/aromatic N) is 1. The van der Waals surface area contributed by atoms with E-state index in [4.69, 9.17) is 0 Å². The van der Waals surface area contributed by atoms with Crippen LogP contribution < -0.4 is 0 Å². The highest BCUT2D eigenvalue weighted by Gasteiger charge is 2.23. The first-order chi connectivity index (χ1) is 7.52. The highest BCUT2D eigenvalue weighted by Crippen LogP contribution is 2.29. The Balaban J connectivity index is 3.44. The van der Waals surface area contributed by atoms with Crippen LogP contribution in [0.4, 0.5) is 8.78 Å². The fraction of sp³-hybridized carbons (Fsp3) is 0.333. The molecule has 0 bridgehead atoms. The van der Waals surface area contributed by atoms with E-state index in [1.807, 2.05) is 22.6 Å². The van der Waals surface area contributed by atoms with E-state index in [0.717, 1.165) is 6.20 Å². The molecule has 16 heavy (non-hydrogen) atoms. The summed E-state index contributed by atoms with van der Waals surface area (Å²) in [5, 5.41) is 0.148. The number of hydrogen-bond acceptors (Lipinski definition) is 3. The predicted octanol–water partition coefficient (Wildman–Crippen LogP) is 3.31. The monoisotopic (exact) mass is 405 g/mol. The number of pyridine rings is 1. The number of ether oxygens (including phenoxy) is 1. The molecule has 0 radical (unpaired) electrons. The summed E-state index contributed by atoms with van der Waals surface area (Å²) in [6.45, 7) is 0. The summed E-state index contributed by atoms with van der Waals surface area (Å²) in [6.07, 6.45) is -1.59. The number of carbonyl (C=O) groups is 1. The molecule has 0 fully saturated rings. The van der Waals surface area contributed by atoms with Gasteiger partial charge < -0.3 is 4.74 Å². The van der Waals surface area contributed by atoms with Crippen LogP contribution in [0.15, 0.2) is 6.20 Å². The molecule has 0 unspecified atom stereocenters. The van der Waals surface area contributed by atoms with Crippen LogP contribution in [0.25, 0.3) is 0 Å². The first-order valence-corrected chi connectivity index (χ1v) is 6.32. The van der Waals surface area contributed by atoms with Crippen LogP contribution in [0.1, 0.15) is 27.9 Å². The lowest BCUT2D eigenvalue weighted by molar-refractivity contribution is 0.0597. The third kappa shape index (κ3) is 2.68. The van der Waals surface area contributed by atoms with Gasteiger partial charge in [0.15, 0.2) is 0 Å². The van der Waals surface area contributed by atoms with Gasteiger partial charge in [0.1, 0.15) is 3.70 Å². The molecule has 1 aromatic rings. The van der Waals surface area contributed by atoms with Crippen molar-refractivity contribution >= 4 is 44.5 Å². The standard InChI is InChI=1S/C9H7BrF2INO2/c1-16-9(15)6-4(2-10)5(7(11)12)3-14-8(6)13/h3,7H,2H2,1H3. The van der Waals surface area contributed by atoms with Crippen LogP contribution >= 0.6 is 38.5 Å². The molecule has 0 spiro atoms. The molecular formula is C9H7BrF2INO2. The van der Waals surface area contributed by atoms with Crippen molar-refractivity contribution in [2.45, 2.75) is 11.8 Å². The maximum atomic E-state index is 12.7. The highest BCUT2D eigenvalue weighted by atomic mass is 127. The van der Waals surface area contributed by atoms with Gasteiger partial charge in [-0.15, -0.1) is 0 Å². The van der Waals surface area contributed by atoms with Crippen LogP contribution in [0, 0.1) is 3.70 Å². The van der Waals surface area contributed by atoms with Crippen molar-refractivity contribution in [3.05, 3.63) is 26.6 Å². The lowest BCUT2D eigenvalue weighted by Crippen LogP contribution is -2.11. The van der Waals surface area contributed by atoms with E-state index < -0.39 is 12.4 Å². The summed E-state index contributed by atoms with van der Waals surface area (Å²) < 4.78 is 30.3. The van der Waals surface area contributed by atoms with E-state index >= 15 is 0 Å². The predicted molar refractivity (Wildman–Crippen MR) is 65.9 cm³/mol. The Morgan fingerprint density at radius 1 is 1.69 bits per heavy atom. The second-order valence-electron chi connectivity index (χ2n) is 2.78. The van der Waals surface area contributed by atoms with Crippen LogP contribution in [-0.2, 0) is 10.1 Å². The zero-order valence-corrected chi connectivity index (χ0v) is 11.9. The number of hydrogen-bond donors (Lipinski definition) is 0. The van der Waals surface area contributed by atoms with Gasteiger partial charge in [-0.25, -0.2) is 18.6 Å². The van der Waals surface area contributed by atoms with Gasteiger partial charge in [-0.1, -0.05) is 15.9 Å². The van der Waals surface area contributed by atoms with E-state index in [2.05, 4.69) is 25.7 Å². The first-order valence-electron chi connectivity index (χ1n) is 4.12. The smallest absolute Gasteiger partial charge is 0.340 e. The number of methoxy groups -OCH3 is 1. The molecule has 1 heterocycles. The van der Waals surface area contributed by atoms with E-state index in [9.17, 15) is 13.6 Å². The maximum absolute atomic E-state index is 12.7. The summed E-state index contributed by atoms with van der Waals surface area (Å²) in [4.78, 5) is 15.2. The van der Waals surface area contributed by atoms with Gasteiger partial charge in [0, 0.05) is 17.1 Å². The van der Waals surface area contributed by atoms with Crippen molar-refractivity contribution in [2.75, 3.05) is 7.11 Å². The fourth-order valence-electron chi connectivity index (χ4n) is 1.18. The Kier molecular flexibility index (Phi) is 5.03. The maximum Gasteiger partial charge on any atom is 0.340 e. The molecule has 0 saturated carbocycles. The van der Waals surface area contributed by atoms with E-state index in [0.29, 0.717) is 3.70 Å². The normalized spacial score (nSPS) is 10.6. The Labute approximate surface area is 113 Å². The molecule has 88 valence electrons. The minimum absolute atomic E-state index is 0.0952. The average molecular weight is 406 g/mol. The van der Waals surface area contributed by atoms with E-state index in [-0.39, 0.29) is 22.0 Å². The first kappa shape index (κ1) is 13.8. The number of aromatic nitrogens is 1. The van der Waals surface area contributed by atoms with Crippen molar-refractivity contribution in [2.24, 2.45) is 0 Å². The van der Waals surface area contributed by atoms with Gasteiger partial charge in [-0.05, 0) is 28.2 Å². The molecule has 0 N–H and O–H groups in total. The quantitative estimate of drug-likeness (QED) is 0.335. The van der Waals surface area contributed by atoms with Crippen molar-refractivity contribution in [3.8, 4) is 0 Å². The molecule has 7 heteroatoms. The molecule has 1 rings (SSSR count). The third-order valence-electron chi connectivity index (χ3n) is 1.93. The summed E-state index contributed by atoms with van der Waals surface area (Å²) >= 11 is 4.90. The number of rotatable bonds is 3. The van der Waals surface area contributed by atoms with E-state index in [1.54, 1.807) is 0 Å². The van der Waals surface area contributed by atoms with Gasteiger partial charge in [0.25, 0.3) is 6.43 Å². The lowest BCUT2D eigenvalue weighted by Gasteiger charge is -2.11. The van der Waals surface area contributed by atoms with Crippen molar-refractivity contribution in [1.29, 1.82) is 0 Å². The van der Waals surface area contributed by atoms with Gasteiger partial charge in [0.05, 0.1) is 12.7 Å². The Morgan fingerprint density at radius 2 is 2.31 bits per heavy atom. The van der Waals surface area contributed by atoms with Gasteiger partial charge in [0.2, 0.25) is 0 Å². The van der Waals surface area contributed by atoms with Crippen molar-refractivity contribution < 1.29 is 18.3 Å². The van der Waals surface area contributed by atoms with Crippen LogP contribution in [-0.4, -0.2) is 18.1 Å². The van der Waals surface area contributed by atoms with Crippen LogP contribution in [0.5, 0.6) is 0 Å². The highest BCUT2D eigenvalue weighted by molar-refractivity contribution is 14.1. The van der Waals surface area contributed by atoms with Crippen molar-refractivity contribution in [3.63, 3.8) is 0 Å². The number of halogens is 4. The second kappa shape index (κ2) is 5.85. The molecule has 0 aliphatic rings.